The van der Waals surface area contributed by atoms with Gasteiger partial charge in [-0.3, -0.25) is 9.59 Å². The predicted octanol–water partition coefficient (Wildman–Crippen LogP) is 2.31. The van der Waals surface area contributed by atoms with Gasteiger partial charge in [0.05, 0.1) is 17.3 Å². The Morgan fingerprint density at radius 1 is 1.31 bits per heavy atom. The van der Waals surface area contributed by atoms with E-state index in [9.17, 15) is 14.4 Å². The Kier molecular flexibility index (Phi) is 5.17. The van der Waals surface area contributed by atoms with Crippen LogP contribution in [0.2, 0.25) is 0 Å². The van der Waals surface area contributed by atoms with E-state index < -0.39 is 29.9 Å². The molecule has 1 saturated heterocycles. The van der Waals surface area contributed by atoms with Gasteiger partial charge < -0.3 is 14.2 Å². The van der Waals surface area contributed by atoms with Crippen LogP contribution in [-0.2, 0) is 28.6 Å². The molecule has 0 aromatic carbocycles. The number of fused-ring (bicyclic) bond motifs is 3. The number of ether oxygens (including phenoxy) is 3. The normalized spacial score (nSPS) is 38.1. The zero-order chi connectivity index (χ0) is 19.1. The summed E-state index contributed by atoms with van der Waals surface area (Å²) in [5.74, 6) is -0.636. The number of rotatable bonds is 2. The molecule has 6 heteroatoms. The number of carbonyl (C=O) groups excluding carboxylic acids is 3. The van der Waals surface area contributed by atoms with Gasteiger partial charge in [-0.05, 0) is 32.3 Å². The molecule has 3 aliphatic rings. The van der Waals surface area contributed by atoms with Crippen molar-refractivity contribution in [1.29, 1.82) is 0 Å². The number of carbonyl (C=O) groups is 3. The molecule has 26 heavy (non-hydrogen) atoms. The summed E-state index contributed by atoms with van der Waals surface area (Å²) in [5, 5.41) is 0. The third-order valence-electron chi connectivity index (χ3n) is 5.54. The van der Waals surface area contributed by atoms with Crippen LogP contribution in [0.1, 0.15) is 46.0 Å². The summed E-state index contributed by atoms with van der Waals surface area (Å²) < 4.78 is 17.0. The molecule has 0 amide bonds. The molecule has 5 atom stereocenters. The van der Waals surface area contributed by atoms with Gasteiger partial charge in [-0.25, -0.2) is 4.79 Å². The van der Waals surface area contributed by atoms with E-state index in [1.807, 2.05) is 13.8 Å². The van der Waals surface area contributed by atoms with Crippen molar-refractivity contribution < 1.29 is 28.6 Å². The van der Waals surface area contributed by atoms with Gasteiger partial charge in [-0.1, -0.05) is 12.2 Å². The lowest BCUT2D eigenvalue weighted by Gasteiger charge is -2.26. The fourth-order valence-corrected chi connectivity index (χ4v) is 4.11. The summed E-state index contributed by atoms with van der Waals surface area (Å²) in [6, 6.07) is 0. The monoisotopic (exact) mass is 362 g/mol. The number of esters is 1. The highest BCUT2D eigenvalue weighted by Crippen LogP contribution is 2.38. The Morgan fingerprint density at radius 3 is 2.69 bits per heavy atom. The summed E-state index contributed by atoms with van der Waals surface area (Å²) in [7, 11) is 1.55. The minimum absolute atomic E-state index is 0.0311. The number of hydrogen-bond acceptors (Lipinski definition) is 6. The van der Waals surface area contributed by atoms with Crippen LogP contribution < -0.4 is 0 Å². The maximum absolute atomic E-state index is 12.5. The predicted molar refractivity (Wildman–Crippen MR) is 93.4 cm³/mol. The molecule has 1 fully saturated rings. The van der Waals surface area contributed by atoms with Crippen LogP contribution in [0.5, 0.6) is 0 Å². The van der Waals surface area contributed by atoms with Crippen molar-refractivity contribution in [3.05, 3.63) is 23.8 Å². The Hall–Kier alpha value is -1.79. The quantitative estimate of drug-likeness (QED) is 0.554. The smallest absolute Gasteiger partial charge is 0.337 e. The molecule has 3 heterocycles. The number of ketones is 2. The van der Waals surface area contributed by atoms with Crippen LogP contribution in [-0.4, -0.2) is 48.6 Å². The van der Waals surface area contributed by atoms with Crippen LogP contribution in [0.4, 0.5) is 0 Å². The van der Waals surface area contributed by atoms with E-state index in [1.165, 1.54) is 0 Å². The molecule has 142 valence electrons. The SMILES string of the molecule is C=C(C)[C@@H]1CC(=O)C[C@@H]2O[C@](C)(CC2=O)C[C@@H]2C=C(C(=O)O2)[C@H](OC)C1. The third-order valence-corrected chi connectivity index (χ3v) is 5.54. The van der Waals surface area contributed by atoms with Crippen LogP contribution >= 0.6 is 0 Å². The molecule has 6 nitrogen and oxygen atoms in total. The maximum Gasteiger partial charge on any atom is 0.337 e. The van der Waals surface area contributed by atoms with Gasteiger partial charge in [0.2, 0.25) is 0 Å². The first-order valence-corrected chi connectivity index (χ1v) is 9.04. The molecule has 4 bridgehead atoms. The van der Waals surface area contributed by atoms with E-state index in [4.69, 9.17) is 14.2 Å². The molecule has 0 radical (unpaired) electrons. The highest BCUT2D eigenvalue weighted by molar-refractivity contribution is 5.93. The third kappa shape index (κ3) is 3.81. The first-order valence-electron chi connectivity index (χ1n) is 9.04. The standard InChI is InChI=1S/C20H26O6/c1-11(2)12-5-13(21)7-18-16(22)10-20(3,26-18)9-14-8-15(19(23)25-14)17(6-12)24-4/h8,12,14,17-18H,1,5-7,9-10H2,2-4H3/t12-,14+,17-,18+,20+/m1/s1. The van der Waals surface area contributed by atoms with Crippen molar-refractivity contribution in [3.8, 4) is 0 Å². The van der Waals surface area contributed by atoms with Crippen LogP contribution in [0.25, 0.3) is 0 Å². The minimum Gasteiger partial charge on any atom is -0.455 e. The van der Waals surface area contributed by atoms with Crippen molar-refractivity contribution in [1.82, 2.24) is 0 Å². The Morgan fingerprint density at radius 2 is 2.04 bits per heavy atom. The van der Waals surface area contributed by atoms with Crippen molar-refractivity contribution >= 4 is 17.5 Å². The van der Waals surface area contributed by atoms with Crippen LogP contribution in [0, 0.1) is 5.92 Å². The Balaban J connectivity index is 1.94. The van der Waals surface area contributed by atoms with Crippen molar-refractivity contribution in [2.75, 3.05) is 7.11 Å². The number of Topliss-reactive ketones (excluding diaryl/α,β-unsaturated/α-hetero) is 2. The van der Waals surface area contributed by atoms with Gasteiger partial charge in [0.1, 0.15) is 18.0 Å². The number of methoxy groups -OCH3 is 1. The molecule has 0 aliphatic carbocycles. The van der Waals surface area contributed by atoms with Gasteiger partial charge in [-0.15, -0.1) is 0 Å². The molecule has 0 unspecified atom stereocenters. The van der Waals surface area contributed by atoms with Crippen molar-refractivity contribution in [3.63, 3.8) is 0 Å². The molecule has 3 rings (SSSR count). The topological polar surface area (TPSA) is 78.9 Å². The number of hydrogen-bond donors (Lipinski definition) is 0. The van der Waals surface area contributed by atoms with E-state index in [0.717, 1.165) is 5.57 Å². The maximum atomic E-state index is 12.5. The summed E-state index contributed by atoms with van der Waals surface area (Å²) >= 11 is 0. The average molecular weight is 362 g/mol. The van der Waals surface area contributed by atoms with Gasteiger partial charge in [0.15, 0.2) is 5.78 Å². The van der Waals surface area contributed by atoms with Gasteiger partial charge in [0, 0.05) is 32.8 Å². The molecule has 3 aliphatic heterocycles. The van der Waals surface area contributed by atoms with Crippen LogP contribution in [0.3, 0.4) is 0 Å². The second kappa shape index (κ2) is 7.08. The summed E-state index contributed by atoms with van der Waals surface area (Å²) in [6.45, 7) is 7.68. The fraction of sp³-hybridized carbons (Fsp3) is 0.650. The highest BCUT2D eigenvalue weighted by Gasteiger charge is 2.46. The summed E-state index contributed by atoms with van der Waals surface area (Å²) in [5.41, 5.74) is 0.589. The van der Waals surface area contributed by atoms with Crippen LogP contribution in [0.15, 0.2) is 23.8 Å². The fourth-order valence-electron chi connectivity index (χ4n) is 4.11. The molecular weight excluding hydrogens is 336 g/mol. The van der Waals surface area contributed by atoms with Crippen molar-refractivity contribution in [2.24, 2.45) is 5.92 Å². The van der Waals surface area contributed by atoms with Gasteiger partial charge in [0.25, 0.3) is 0 Å². The lowest BCUT2D eigenvalue weighted by atomic mass is 9.86. The van der Waals surface area contributed by atoms with Crippen molar-refractivity contribution in [2.45, 2.75) is 69.9 Å². The molecule has 0 aromatic rings. The first kappa shape index (κ1) is 19.0. The molecular formula is C20H26O6. The zero-order valence-corrected chi connectivity index (χ0v) is 15.6. The van der Waals surface area contributed by atoms with Gasteiger partial charge in [-0.2, -0.15) is 0 Å². The largest absolute Gasteiger partial charge is 0.455 e. The lowest BCUT2D eigenvalue weighted by molar-refractivity contribution is -0.144. The second-order valence-electron chi connectivity index (χ2n) is 7.92. The minimum atomic E-state index is -0.733. The van der Waals surface area contributed by atoms with E-state index in [0.29, 0.717) is 18.4 Å². The molecule has 0 N–H and O–H groups in total. The van der Waals surface area contributed by atoms with E-state index >= 15 is 0 Å². The van der Waals surface area contributed by atoms with E-state index in [1.54, 1.807) is 13.2 Å². The zero-order valence-electron chi connectivity index (χ0n) is 15.6. The lowest BCUT2D eigenvalue weighted by Crippen LogP contribution is -2.31. The molecule has 0 spiro atoms. The Labute approximate surface area is 153 Å². The van der Waals surface area contributed by atoms with E-state index in [2.05, 4.69) is 6.58 Å². The first-order chi connectivity index (χ1) is 12.2. The average Bonchev–Trinajstić information content (AvgIpc) is 3.02. The number of allylic oxidation sites excluding steroid dienone is 1. The Bertz CT molecular complexity index is 678. The molecule has 0 saturated carbocycles. The summed E-state index contributed by atoms with van der Waals surface area (Å²) in [4.78, 5) is 37.2. The summed E-state index contributed by atoms with van der Waals surface area (Å²) in [6.07, 6.45) is 1.59. The molecule has 0 aromatic heterocycles. The van der Waals surface area contributed by atoms with E-state index in [-0.39, 0.29) is 36.7 Å². The highest BCUT2D eigenvalue weighted by atomic mass is 16.6. The second-order valence-corrected chi connectivity index (χ2v) is 7.92. The van der Waals surface area contributed by atoms with Gasteiger partial charge >= 0.3 is 5.97 Å².